The molecule has 2 aromatic rings. The number of nitrogens with two attached hydrogens (primary N) is 1. The molecular formula is C15H18N4O2S. The number of rotatable bonds is 2. The Kier molecular flexibility index (Phi) is 3.09. The van der Waals surface area contributed by atoms with Crippen molar-refractivity contribution in [3.05, 3.63) is 16.8 Å². The van der Waals surface area contributed by atoms with Crippen LogP contribution in [-0.4, -0.2) is 39.7 Å². The third kappa shape index (κ3) is 1.99. The molecule has 7 heteroatoms. The summed E-state index contributed by atoms with van der Waals surface area (Å²) in [5.41, 5.74) is 5.24. The molecule has 2 aromatic heterocycles. The van der Waals surface area contributed by atoms with Gasteiger partial charge < -0.3 is 15.7 Å². The number of carbonyl (C=O) groups excluding carboxylic acids is 1. The van der Waals surface area contributed by atoms with E-state index in [9.17, 15) is 9.90 Å². The first kappa shape index (κ1) is 13.9. The third-order valence-corrected chi connectivity index (χ3v) is 5.94. The fraction of sp³-hybridized carbons (Fsp3) is 0.533. The Morgan fingerprint density at radius 1 is 1.36 bits per heavy atom. The van der Waals surface area contributed by atoms with Crippen molar-refractivity contribution in [1.29, 1.82) is 0 Å². The van der Waals surface area contributed by atoms with Gasteiger partial charge in [0, 0.05) is 17.8 Å². The minimum absolute atomic E-state index is 0.207. The SMILES string of the molecule is NC(=O)C1(O)CCN(c2ncnc3sc4c(c23)CCCC4)C1. The number of anilines is 1. The highest BCUT2D eigenvalue weighted by atomic mass is 32.1. The maximum absolute atomic E-state index is 11.5. The van der Waals surface area contributed by atoms with Gasteiger partial charge in [-0.3, -0.25) is 4.79 Å². The molecule has 22 heavy (non-hydrogen) atoms. The van der Waals surface area contributed by atoms with Crippen molar-refractivity contribution in [2.24, 2.45) is 5.73 Å². The molecule has 4 rings (SSSR count). The molecule has 3 N–H and O–H groups in total. The smallest absolute Gasteiger partial charge is 0.251 e. The van der Waals surface area contributed by atoms with Crippen LogP contribution in [-0.2, 0) is 17.6 Å². The van der Waals surface area contributed by atoms with Crippen LogP contribution in [0, 0.1) is 0 Å². The van der Waals surface area contributed by atoms with Crippen LogP contribution >= 0.6 is 11.3 Å². The summed E-state index contributed by atoms with van der Waals surface area (Å²) >= 11 is 1.75. The van der Waals surface area contributed by atoms with E-state index in [0.29, 0.717) is 13.0 Å². The van der Waals surface area contributed by atoms with Gasteiger partial charge in [-0.1, -0.05) is 0 Å². The van der Waals surface area contributed by atoms with Crippen LogP contribution in [0.5, 0.6) is 0 Å². The summed E-state index contributed by atoms with van der Waals surface area (Å²) < 4.78 is 0. The van der Waals surface area contributed by atoms with Crippen molar-refractivity contribution in [2.75, 3.05) is 18.0 Å². The first-order chi connectivity index (χ1) is 10.6. The first-order valence-electron chi connectivity index (χ1n) is 7.61. The highest BCUT2D eigenvalue weighted by Crippen LogP contribution is 2.40. The summed E-state index contributed by atoms with van der Waals surface area (Å²) in [6.45, 7) is 0.787. The largest absolute Gasteiger partial charge is 0.378 e. The van der Waals surface area contributed by atoms with E-state index in [2.05, 4.69) is 9.97 Å². The molecule has 0 aromatic carbocycles. The first-order valence-corrected chi connectivity index (χ1v) is 8.43. The number of aliphatic hydroxyl groups is 1. The zero-order valence-electron chi connectivity index (χ0n) is 12.2. The van der Waals surface area contributed by atoms with E-state index >= 15 is 0 Å². The zero-order valence-corrected chi connectivity index (χ0v) is 13.0. The normalized spacial score (nSPS) is 24.7. The van der Waals surface area contributed by atoms with Crippen molar-refractivity contribution in [3.63, 3.8) is 0 Å². The van der Waals surface area contributed by atoms with Crippen LogP contribution in [0.4, 0.5) is 5.82 Å². The minimum Gasteiger partial charge on any atom is -0.378 e. The van der Waals surface area contributed by atoms with Gasteiger partial charge in [-0.05, 0) is 31.2 Å². The number of aryl methyl sites for hydroxylation is 2. The maximum atomic E-state index is 11.5. The monoisotopic (exact) mass is 318 g/mol. The molecule has 1 aliphatic heterocycles. The van der Waals surface area contributed by atoms with Crippen LogP contribution in [0.3, 0.4) is 0 Å². The van der Waals surface area contributed by atoms with E-state index in [-0.39, 0.29) is 6.54 Å². The number of carbonyl (C=O) groups is 1. The number of hydrogen-bond acceptors (Lipinski definition) is 6. The highest BCUT2D eigenvalue weighted by Gasteiger charge is 2.42. The van der Waals surface area contributed by atoms with Gasteiger partial charge in [0.05, 0.1) is 11.9 Å². The van der Waals surface area contributed by atoms with Gasteiger partial charge in [-0.25, -0.2) is 9.97 Å². The fourth-order valence-corrected chi connectivity index (χ4v) is 4.71. The van der Waals surface area contributed by atoms with Crippen molar-refractivity contribution >= 4 is 33.3 Å². The molecule has 0 spiro atoms. The Balaban J connectivity index is 1.80. The van der Waals surface area contributed by atoms with Gasteiger partial charge in [0.15, 0.2) is 5.60 Å². The molecule has 0 radical (unpaired) electrons. The van der Waals surface area contributed by atoms with E-state index in [1.807, 2.05) is 4.90 Å². The molecule has 1 fully saturated rings. The van der Waals surface area contributed by atoms with Crippen molar-refractivity contribution < 1.29 is 9.90 Å². The molecular weight excluding hydrogens is 300 g/mol. The van der Waals surface area contributed by atoms with Crippen LogP contribution in [0.1, 0.15) is 29.7 Å². The third-order valence-electron chi connectivity index (χ3n) is 4.74. The summed E-state index contributed by atoms with van der Waals surface area (Å²) in [7, 11) is 0. The Labute approximate surface area is 132 Å². The van der Waals surface area contributed by atoms with Crippen LogP contribution < -0.4 is 10.6 Å². The van der Waals surface area contributed by atoms with E-state index in [0.717, 1.165) is 28.9 Å². The Morgan fingerprint density at radius 2 is 2.18 bits per heavy atom. The van der Waals surface area contributed by atoms with Gasteiger partial charge in [0.2, 0.25) is 0 Å². The summed E-state index contributed by atoms with van der Waals surface area (Å²) in [5.74, 6) is 0.175. The van der Waals surface area contributed by atoms with Crippen molar-refractivity contribution in [1.82, 2.24) is 9.97 Å². The number of amides is 1. The number of hydrogen-bond donors (Lipinski definition) is 2. The topological polar surface area (TPSA) is 92.3 Å². The lowest BCUT2D eigenvalue weighted by Gasteiger charge is -2.22. The van der Waals surface area contributed by atoms with E-state index in [1.54, 1.807) is 17.7 Å². The van der Waals surface area contributed by atoms with E-state index in [4.69, 9.17) is 5.73 Å². The molecule has 1 amide bonds. The van der Waals surface area contributed by atoms with Crippen LogP contribution in [0.2, 0.25) is 0 Å². The highest BCUT2D eigenvalue weighted by molar-refractivity contribution is 7.19. The molecule has 1 saturated heterocycles. The average Bonchev–Trinajstić information content (AvgIpc) is 3.08. The fourth-order valence-electron chi connectivity index (χ4n) is 3.49. The van der Waals surface area contributed by atoms with Crippen LogP contribution in [0.25, 0.3) is 10.2 Å². The van der Waals surface area contributed by atoms with Gasteiger partial charge >= 0.3 is 0 Å². The lowest BCUT2D eigenvalue weighted by molar-refractivity contribution is -0.134. The van der Waals surface area contributed by atoms with Crippen molar-refractivity contribution in [3.8, 4) is 0 Å². The van der Waals surface area contributed by atoms with Crippen LogP contribution in [0.15, 0.2) is 6.33 Å². The molecule has 1 atom stereocenters. The predicted octanol–water partition coefficient (Wildman–Crippen LogP) is 0.997. The number of aromatic nitrogens is 2. The predicted molar refractivity (Wildman–Crippen MR) is 85.0 cm³/mol. The minimum atomic E-state index is -1.45. The Bertz CT molecular complexity index is 759. The second-order valence-corrected chi connectivity index (χ2v) is 7.24. The quantitative estimate of drug-likeness (QED) is 0.861. The number of primary amides is 1. The second kappa shape index (κ2) is 4.89. The average molecular weight is 318 g/mol. The Hall–Kier alpha value is -1.73. The van der Waals surface area contributed by atoms with Gasteiger partial charge in [-0.15, -0.1) is 11.3 Å². The molecule has 6 nitrogen and oxygen atoms in total. The van der Waals surface area contributed by atoms with Gasteiger partial charge in [0.1, 0.15) is 17.0 Å². The molecule has 116 valence electrons. The number of β-amino-alcohol motifs (C(OH)–C–C–N with tert-alkyl or cyclic N) is 1. The van der Waals surface area contributed by atoms with Crippen molar-refractivity contribution in [2.45, 2.75) is 37.7 Å². The van der Waals surface area contributed by atoms with Gasteiger partial charge in [0.25, 0.3) is 5.91 Å². The maximum Gasteiger partial charge on any atom is 0.251 e. The molecule has 0 bridgehead atoms. The Morgan fingerprint density at radius 3 is 2.95 bits per heavy atom. The number of fused-ring (bicyclic) bond motifs is 3. The van der Waals surface area contributed by atoms with Gasteiger partial charge in [-0.2, -0.15) is 0 Å². The van der Waals surface area contributed by atoms with E-state index in [1.165, 1.54) is 23.3 Å². The molecule has 1 unspecified atom stereocenters. The second-order valence-electron chi connectivity index (χ2n) is 6.16. The summed E-state index contributed by atoms with van der Waals surface area (Å²) in [5, 5.41) is 11.4. The van der Waals surface area contributed by atoms with E-state index < -0.39 is 11.5 Å². The standard InChI is InChI=1S/C15H18N4O2S/c16-14(20)15(21)5-6-19(7-15)12-11-9-3-1-2-4-10(9)22-13(11)18-8-17-12/h8,21H,1-7H2,(H2,16,20). The molecule has 3 heterocycles. The summed E-state index contributed by atoms with van der Waals surface area (Å²) in [6.07, 6.45) is 6.51. The molecule has 2 aliphatic rings. The lowest BCUT2D eigenvalue weighted by atomic mass is 9.97. The molecule has 1 aliphatic carbocycles. The number of thiophene rings is 1. The zero-order chi connectivity index (χ0) is 15.3. The number of nitrogens with zero attached hydrogens (tertiary/aromatic N) is 3. The summed E-state index contributed by atoms with van der Waals surface area (Å²) in [4.78, 5) is 24.7. The molecule has 0 saturated carbocycles. The lowest BCUT2D eigenvalue weighted by Crippen LogP contribution is -2.46. The summed E-state index contributed by atoms with van der Waals surface area (Å²) in [6, 6.07) is 0.